The molecule has 0 unspecified atom stereocenters. The Kier molecular flexibility index (Phi) is 6.72. The fourth-order valence-electron chi connectivity index (χ4n) is 1.36. The van der Waals surface area contributed by atoms with Gasteiger partial charge in [-0.05, 0) is 19.1 Å². The third-order valence-electron chi connectivity index (χ3n) is 2.36. The van der Waals surface area contributed by atoms with Gasteiger partial charge in [0.05, 0.1) is 18.0 Å². The van der Waals surface area contributed by atoms with Gasteiger partial charge in [0.2, 0.25) is 0 Å². The highest BCUT2D eigenvalue weighted by Crippen LogP contribution is 2.10. The van der Waals surface area contributed by atoms with Gasteiger partial charge in [-0.1, -0.05) is 18.2 Å². The molecule has 1 amide bonds. The van der Waals surface area contributed by atoms with Crippen molar-refractivity contribution in [1.82, 2.24) is 5.32 Å². The van der Waals surface area contributed by atoms with Crippen molar-refractivity contribution >= 4 is 17.5 Å². The molecule has 1 aromatic rings. The number of benzene rings is 1. The van der Waals surface area contributed by atoms with Crippen molar-refractivity contribution < 1.29 is 14.3 Å². The summed E-state index contributed by atoms with van der Waals surface area (Å²) in [4.78, 5) is 11.9. The predicted octanol–water partition coefficient (Wildman–Crippen LogP) is 2.20. The molecule has 5 heteroatoms. The summed E-state index contributed by atoms with van der Waals surface area (Å²) in [6, 6.07) is 9.63. The minimum absolute atomic E-state index is 0.135. The average molecular weight is 271 g/mol. The largest absolute Gasteiger partial charge is 0.359 e. The lowest BCUT2D eigenvalue weighted by atomic mass is 10.1. The fourth-order valence-corrected chi connectivity index (χ4v) is 1.68. The molecule has 1 rings (SSSR count). The van der Waals surface area contributed by atoms with Crippen LogP contribution in [0.5, 0.6) is 0 Å². The minimum atomic E-state index is -0.362. The van der Waals surface area contributed by atoms with Crippen LogP contribution in [0.25, 0.3) is 0 Å². The SMILES string of the molecule is COCO[C@H](CCl)[C](C)NC(=O)c1ccccc1. The van der Waals surface area contributed by atoms with E-state index in [9.17, 15) is 4.79 Å². The Morgan fingerprint density at radius 2 is 2.06 bits per heavy atom. The van der Waals surface area contributed by atoms with Gasteiger partial charge in [-0.15, -0.1) is 11.6 Å². The maximum Gasteiger partial charge on any atom is 0.251 e. The Labute approximate surface area is 112 Å². The van der Waals surface area contributed by atoms with Crippen molar-refractivity contribution in [3.8, 4) is 0 Å². The monoisotopic (exact) mass is 270 g/mol. The fraction of sp³-hybridized carbons (Fsp3) is 0.385. The van der Waals surface area contributed by atoms with Crippen LogP contribution in [-0.2, 0) is 9.47 Å². The lowest BCUT2D eigenvalue weighted by Gasteiger charge is -2.22. The standard InChI is InChI=1S/C13H17ClNO3/c1-10(12(8-14)18-9-17-2)15-13(16)11-6-4-3-5-7-11/h3-7,12H,8-9H2,1-2H3,(H,15,16)/t12-/m1/s1. The van der Waals surface area contributed by atoms with Crippen molar-refractivity contribution in [2.24, 2.45) is 0 Å². The second-order valence-corrected chi connectivity index (χ2v) is 4.03. The molecule has 0 aliphatic heterocycles. The van der Waals surface area contributed by atoms with Gasteiger partial charge in [0.15, 0.2) is 0 Å². The zero-order chi connectivity index (χ0) is 13.4. The summed E-state index contributed by atoms with van der Waals surface area (Å²) >= 11 is 5.77. The number of amides is 1. The second-order valence-electron chi connectivity index (χ2n) is 3.72. The molecule has 0 aliphatic carbocycles. The molecule has 0 heterocycles. The highest BCUT2D eigenvalue weighted by Gasteiger charge is 2.20. The van der Waals surface area contributed by atoms with Crippen LogP contribution >= 0.6 is 11.6 Å². The van der Waals surface area contributed by atoms with Gasteiger partial charge in [0.25, 0.3) is 5.91 Å². The van der Waals surface area contributed by atoms with Gasteiger partial charge in [-0.3, -0.25) is 4.79 Å². The van der Waals surface area contributed by atoms with Gasteiger partial charge in [0.1, 0.15) is 6.79 Å². The topological polar surface area (TPSA) is 47.6 Å². The number of carbonyl (C=O) groups excluding carboxylic acids is 1. The third-order valence-corrected chi connectivity index (χ3v) is 2.64. The first-order valence-electron chi connectivity index (χ1n) is 5.55. The molecule has 4 nitrogen and oxygen atoms in total. The van der Waals surface area contributed by atoms with E-state index in [0.29, 0.717) is 11.6 Å². The molecule has 0 aliphatic rings. The van der Waals surface area contributed by atoms with Crippen molar-refractivity contribution in [2.45, 2.75) is 13.0 Å². The van der Waals surface area contributed by atoms with Crippen LogP contribution < -0.4 is 5.32 Å². The summed E-state index contributed by atoms with van der Waals surface area (Å²) in [5.41, 5.74) is 0.594. The van der Waals surface area contributed by atoms with Gasteiger partial charge in [-0.25, -0.2) is 0 Å². The quantitative estimate of drug-likeness (QED) is 0.610. The van der Waals surface area contributed by atoms with E-state index in [1.807, 2.05) is 18.2 Å². The summed E-state index contributed by atoms with van der Waals surface area (Å²) in [5.74, 6) is 0.0776. The summed E-state index contributed by atoms with van der Waals surface area (Å²) < 4.78 is 10.1. The van der Waals surface area contributed by atoms with E-state index in [2.05, 4.69) is 5.32 Å². The molecule has 0 aromatic heterocycles. The van der Waals surface area contributed by atoms with E-state index in [1.54, 1.807) is 19.1 Å². The molecule has 0 saturated heterocycles. The Hall–Kier alpha value is -1.10. The molecule has 0 saturated carbocycles. The highest BCUT2D eigenvalue weighted by atomic mass is 35.5. The van der Waals surface area contributed by atoms with Crippen molar-refractivity contribution in [1.29, 1.82) is 0 Å². The first-order chi connectivity index (χ1) is 8.69. The number of ether oxygens (including phenoxy) is 2. The molecule has 1 aromatic carbocycles. The van der Waals surface area contributed by atoms with E-state index in [-0.39, 0.29) is 24.7 Å². The molecule has 0 fully saturated rings. The van der Waals surface area contributed by atoms with Crippen LogP contribution in [0.3, 0.4) is 0 Å². The minimum Gasteiger partial charge on any atom is -0.359 e. The maximum absolute atomic E-state index is 11.9. The van der Waals surface area contributed by atoms with Gasteiger partial charge in [-0.2, -0.15) is 0 Å². The van der Waals surface area contributed by atoms with Gasteiger partial charge < -0.3 is 14.8 Å². The zero-order valence-corrected chi connectivity index (χ0v) is 11.2. The zero-order valence-electron chi connectivity index (χ0n) is 10.5. The molecule has 0 spiro atoms. The summed E-state index contributed by atoms with van der Waals surface area (Å²) in [5, 5.41) is 2.77. The van der Waals surface area contributed by atoms with Crippen LogP contribution in [-0.4, -0.2) is 31.8 Å². The van der Waals surface area contributed by atoms with Gasteiger partial charge >= 0.3 is 0 Å². The molecule has 0 bridgehead atoms. The predicted molar refractivity (Wildman–Crippen MR) is 70.3 cm³/mol. The van der Waals surface area contributed by atoms with E-state index in [1.165, 1.54) is 7.11 Å². The van der Waals surface area contributed by atoms with Crippen molar-refractivity contribution in [3.05, 3.63) is 41.9 Å². The summed E-state index contributed by atoms with van der Waals surface area (Å²) in [7, 11) is 1.53. The molecule has 99 valence electrons. The first kappa shape index (κ1) is 15.0. The van der Waals surface area contributed by atoms with Gasteiger partial charge in [0, 0.05) is 12.7 Å². The Morgan fingerprint density at radius 1 is 1.39 bits per heavy atom. The summed E-state index contributed by atoms with van der Waals surface area (Å²) in [6.45, 7) is 1.90. The number of halogens is 1. The molecule has 1 atom stereocenters. The number of hydrogen-bond donors (Lipinski definition) is 1. The second kappa shape index (κ2) is 8.08. The van der Waals surface area contributed by atoms with Crippen LogP contribution in [0.15, 0.2) is 30.3 Å². The highest BCUT2D eigenvalue weighted by molar-refractivity contribution is 6.18. The Morgan fingerprint density at radius 3 is 2.61 bits per heavy atom. The normalized spacial score (nSPS) is 12.4. The Bertz CT molecular complexity index is 359. The number of carbonyl (C=O) groups is 1. The smallest absolute Gasteiger partial charge is 0.251 e. The summed E-state index contributed by atoms with van der Waals surface area (Å²) in [6.07, 6.45) is -0.362. The van der Waals surface area contributed by atoms with E-state index < -0.39 is 0 Å². The molecular formula is C13H17ClNO3. The molecule has 1 N–H and O–H groups in total. The average Bonchev–Trinajstić information content (AvgIpc) is 2.40. The Balaban J connectivity index is 2.52. The maximum atomic E-state index is 11.9. The van der Waals surface area contributed by atoms with Crippen LogP contribution in [0.1, 0.15) is 17.3 Å². The number of alkyl halides is 1. The molecule has 18 heavy (non-hydrogen) atoms. The lowest BCUT2D eigenvalue weighted by Crippen LogP contribution is -2.37. The van der Waals surface area contributed by atoms with Crippen LogP contribution in [0, 0.1) is 6.04 Å². The van der Waals surface area contributed by atoms with E-state index in [0.717, 1.165) is 0 Å². The van der Waals surface area contributed by atoms with Crippen LogP contribution in [0.2, 0.25) is 0 Å². The number of methoxy groups -OCH3 is 1. The number of rotatable bonds is 7. The van der Waals surface area contributed by atoms with E-state index in [4.69, 9.17) is 21.1 Å². The third kappa shape index (κ3) is 4.64. The van der Waals surface area contributed by atoms with Crippen molar-refractivity contribution in [3.63, 3.8) is 0 Å². The first-order valence-corrected chi connectivity index (χ1v) is 6.08. The van der Waals surface area contributed by atoms with Crippen LogP contribution in [0.4, 0.5) is 0 Å². The lowest BCUT2D eigenvalue weighted by molar-refractivity contribution is -0.0605. The number of hydrogen-bond acceptors (Lipinski definition) is 3. The van der Waals surface area contributed by atoms with E-state index >= 15 is 0 Å². The van der Waals surface area contributed by atoms with Crippen molar-refractivity contribution in [2.75, 3.05) is 19.8 Å². The molecular weight excluding hydrogens is 254 g/mol. The molecule has 1 radical (unpaired) electrons. The number of nitrogens with one attached hydrogen (secondary N) is 1.